The fourth-order valence-corrected chi connectivity index (χ4v) is 6.21. The second kappa shape index (κ2) is 6.69. The Kier molecular flexibility index (Phi) is 4.47. The van der Waals surface area contributed by atoms with Gasteiger partial charge in [-0.05, 0) is 48.6 Å². The van der Waals surface area contributed by atoms with Gasteiger partial charge in [-0.2, -0.15) is 0 Å². The van der Waals surface area contributed by atoms with Crippen LogP contribution in [0.5, 0.6) is 11.5 Å². The zero-order chi connectivity index (χ0) is 19.2. The van der Waals surface area contributed by atoms with Crippen LogP contribution in [0.25, 0.3) is 0 Å². The Bertz CT molecular complexity index is 975. The summed E-state index contributed by atoms with van der Waals surface area (Å²) in [5, 5.41) is 0.596. The lowest BCUT2D eigenvalue weighted by Gasteiger charge is -2.26. The molecule has 27 heavy (non-hydrogen) atoms. The van der Waals surface area contributed by atoms with E-state index in [9.17, 15) is 8.42 Å². The van der Waals surface area contributed by atoms with Crippen molar-refractivity contribution in [3.05, 3.63) is 48.5 Å². The van der Waals surface area contributed by atoms with E-state index in [1.807, 2.05) is 58.3 Å². The number of methoxy groups -OCH3 is 2. The molecule has 0 radical (unpaired) electrons. The van der Waals surface area contributed by atoms with Gasteiger partial charge in [-0.25, -0.2) is 8.42 Å². The first-order valence-electron chi connectivity index (χ1n) is 8.54. The van der Waals surface area contributed by atoms with Crippen molar-refractivity contribution >= 4 is 38.5 Å². The van der Waals surface area contributed by atoms with Crippen LogP contribution < -0.4 is 19.3 Å². The summed E-state index contributed by atoms with van der Waals surface area (Å²) in [5.74, 6) is 1.62. The predicted octanol–water partition coefficient (Wildman–Crippen LogP) is 2.48. The number of benzene rings is 2. The molecule has 2 fully saturated rings. The molecule has 2 heterocycles. The summed E-state index contributed by atoms with van der Waals surface area (Å²) in [6.45, 7) is 0. The molecule has 0 bridgehead atoms. The average Bonchev–Trinajstić information content (AvgIpc) is 3.10. The lowest BCUT2D eigenvalue weighted by Crippen LogP contribution is -2.37. The van der Waals surface area contributed by atoms with Crippen LogP contribution in [0.3, 0.4) is 0 Å². The number of sulfone groups is 1. The summed E-state index contributed by atoms with van der Waals surface area (Å²) in [6.07, 6.45) is 0. The third-order valence-corrected chi connectivity index (χ3v) is 7.14. The van der Waals surface area contributed by atoms with Crippen LogP contribution in [0.4, 0.5) is 11.4 Å². The molecule has 142 valence electrons. The van der Waals surface area contributed by atoms with Crippen LogP contribution in [-0.4, -0.2) is 51.3 Å². The van der Waals surface area contributed by atoms with Gasteiger partial charge in [0.05, 0.1) is 37.8 Å². The highest BCUT2D eigenvalue weighted by molar-refractivity contribution is 7.91. The molecule has 2 aliphatic rings. The Hall–Kier alpha value is -2.32. The molecule has 2 aliphatic heterocycles. The lowest BCUT2D eigenvalue weighted by atomic mass is 10.1. The predicted molar refractivity (Wildman–Crippen MR) is 110 cm³/mol. The van der Waals surface area contributed by atoms with E-state index < -0.39 is 9.84 Å². The second-order valence-corrected chi connectivity index (χ2v) is 9.15. The van der Waals surface area contributed by atoms with Crippen molar-refractivity contribution in [3.63, 3.8) is 0 Å². The smallest absolute Gasteiger partial charge is 0.181 e. The van der Waals surface area contributed by atoms with Gasteiger partial charge in [0, 0.05) is 17.4 Å². The maximum Gasteiger partial charge on any atom is 0.181 e. The Balaban J connectivity index is 1.77. The van der Waals surface area contributed by atoms with Crippen molar-refractivity contribution in [1.82, 2.24) is 0 Å². The van der Waals surface area contributed by atoms with Gasteiger partial charge in [-0.3, -0.25) is 0 Å². The summed E-state index contributed by atoms with van der Waals surface area (Å²) >= 11 is 5.78. The van der Waals surface area contributed by atoms with E-state index in [2.05, 4.69) is 0 Å². The monoisotopic (exact) mass is 404 g/mol. The molecule has 8 heteroatoms. The van der Waals surface area contributed by atoms with E-state index in [4.69, 9.17) is 21.7 Å². The third kappa shape index (κ3) is 3.12. The van der Waals surface area contributed by atoms with E-state index in [0.717, 1.165) is 17.1 Å². The highest BCUT2D eigenvalue weighted by Crippen LogP contribution is 2.39. The maximum absolute atomic E-state index is 12.4. The van der Waals surface area contributed by atoms with Crippen molar-refractivity contribution < 1.29 is 17.9 Å². The molecule has 0 spiro atoms. The van der Waals surface area contributed by atoms with Gasteiger partial charge in [0.15, 0.2) is 14.9 Å². The van der Waals surface area contributed by atoms with Crippen LogP contribution in [0.15, 0.2) is 48.5 Å². The molecule has 2 unspecified atom stereocenters. The van der Waals surface area contributed by atoms with Crippen molar-refractivity contribution in [3.8, 4) is 11.5 Å². The molecular weight excluding hydrogens is 384 g/mol. The van der Waals surface area contributed by atoms with Crippen LogP contribution >= 0.6 is 12.2 Å². The maximum atomic E-state index is 12.4. The SMILES string of the molecule is COc1ccc(N2C(=S)N(c3cccc(OC)c3)C3CS(=O)(=O)CC32)cc1. The van der Waals surface area contributed by atoms with Gasteiger partial charge >= 0.3 is 0 Å². The number of rotatable bonds is 4. The Morgan fingerprint density at radius 2 is 1.48 bits per heavy atom. The molecule has 0 aliphatic carbocycles. The van der Waals surface area contributed by atoms with Crippen molar-refractivity contribution in [2.24, 2.45) is 0 Å². The Morgan fingerprint density at radius 1 is 0.889 bits per heavy atom. The average molecular weight is 405 g/mol. The highest BCUT2D eigenvalue weighted by atomic mass is 32.2. The minimum Gasteiger partial charge on any atom is -0.497 e. The minimum atomic E-state index is -3.14. The largest absolute Gasteiger partial charge is 0.497 e. The standard InChI is InChI=1S/C19H20N2O4S2/c1-24-15-8-6-13(7-9-15)20-17-11-27(22,23)12-18(17)21(19(20)26)14-4-3-5-16(10-14)25-2/h3-10,17-18H,11-12H2,1-2H3. The topological polar surface area (TPSA) is 59.1 Å². The number of thiocarbonyl (C=S) groups is 1. The lowest BCUT2D eigenvalue weighted by molar-refractivity contribution is 0.414. The first kappa shape index (κ1) is 18.1. The van der Waals surface area contributed by atoms with Gasteiger partial charge in [0.25, 0.3) is 0 Å². The molecule has 0 aromatic heterocycles. The first-order valence-corrected chi connectivity index (χ1v) is 10.8. The molecule has 0 N–H and O–H groups in total. The molecule has 2 aromatic carbocycles. The summed E-state index contributed by atoms with van der Waals surface area (Å²) in [7, 11) is 0.0776. The summed E-state index contributed by atoms with van der Waals surface area (Å²) < 4.78 is 35.3. The summed E-state index contributed by atoms with van der Waals surface area (Å²) in [4.78, 5) is 3.89. The van der Waals surface area contributed by atoms with Gasteiger partial charge < -0.3 is 19.3 Å². The quantitative estimate of drug-likeness (QED) is 0.726. The van der Waals surface area contributed by atoms with Gasteiger partial charge in [-0.1, -0.05) is 6.07 Å². The normalized spacial score (nSPS) is 23.4. The number of nitrogens with zero attached hydrogens (tertiary/aromatic N) is 2. The zero-order valence-electron chi connectivity index (χ0n) is 15.0. The fraction of sp³-hybridized carbons (Fsp3) is 0.316. The Morgan fingerprint density at radius 3 is 2.07 bits per heavy atom. The molecule has 0 saturated carbocycles. The van der Waals surface area contributed by atoms with Crippen molar-refractivity contribution in [2.45, 2.75) is 12.1 Å². The van der Waals surface area contributed by atoms with Crippen molar-refractivity contribution in [1.29, 1.82) is 0 Å². The van der Waals surface area contributed by atoms with Crippen LogP contribution in [-0.2, 0) is 9.84 Å². The van der Waals surface area contributed by atoms with Crippen molar-refractivity contribution in [2.75, 3.05) is 35.5 Å². The van der Waals surface area contributed by atoms with E-state index in [-0.39, 0.29) is 23.6 Å². The van der Waals surface area contributed by atoms with E-state index in [0.29, 0.717) is 10.9 Å². The van der Waals surface area contributed by atoms with E-state index >= 15 is 0 Å². The highest BCUT2D eigenvalue weighted by Gasteiger charge is 2.52. The molecule has 2 atom stereocenters. The van der Waals surface area contributed by atoms with Gasteiger partial charge in [0.1, 0.15) is 11.5 Å². The Labute approximate surface area is 164 Å². The number of hydrogen-bond acceptors (Lipinski definition) is 5. The number of anilines is 2. The van der Waals surface area contributed by atoms with E-state index in [1.165, 1.54) is 0 Å². The number of fused-ring (bicyclic) bond motifs is 1. The van der Waals surface area contributed by atoms with E-state index in [1.54, 1.807) is 14.2 Å². The summed E-state index contributed by atoms with van der Waals surface area (Å²) in [5.41, 5.74) is 1.70. The molecule has 4 rings (SSSR count). The first-order chi connectivity index (χ1) is 12.9. The van der Waals surface area contributed by atoms with Crippen LogP contribution in [0, 0.1) is 0 Å². The molecule has 2 aromatic rings. The fourth-order valence-electron chi connectivity index (χ4n) is 3.81. The van der Waals surface area contributed by atoms with Crippen LogP contribution in [0.1, 0.15) is 0 Å². The molecular formula is C19H20N2O4S2. The van der Waals surface area contributed by atoms with Gasteiger partial charge in [-0.15, -0.1) is 0 Å². The number of hydrogen-bond donors (Lipinski definition) is 0. The molecule has 6 nitrogen and oxygen atoms in total. The molecule has 0 amide bonds. The third-order valence-electron chi connectivity index (χ3n) is 5.05. The number of ether oxygens (including phenoxy) is 2. The molecule has 2 saturated heterocycles. The minimum absolute atomic E-state index is 0.0850. The second-order valence-electron chi connectivity index (χ2n) is 6.63. The summed E-state index contributed by atoms with van der Waals surface area (Å²) in [6, 6.07) is 14.6. The van der Waals surface area contributed by atoms with Crippen LogP contribution in [0.2, 0.25) is 0 Å². The van der Waals surface area contributed by atoms with Gasteiger partial charge in [0.2, 0.25) is 0 Å². The zero-order valence-corrected chi connectivity index (χ0v) is 16.7.